The fourth-order valence-corrected chi connectivity index (χ4v) is 3.23. The van der Waals surface area contributed by atoms with E-state index in [1.165, 1.54) is 23.0 Å². The second-order valence-electron chi connectivity index (χ2n) is 6.62. The van der Waals surface area contributed by atoms with Crippen molar-refractivity contribution in [3.63, 3.8) is 0 Å². The first-order valence-corrected chi connectivity index (χ1v) is 8.67. The van der Waals surface area contributed by atoms with Gasteiger partial charge in [-0.05, 0) is 30.3 Å². The van der Waals surface area contributed by atoms with Crippen LogP contribution in [0.15, 0.2) is 59.8 Å². The van der Waals surface area contributed by atoms with E-state index in [1.54, 1.807) is 35.5 Å². The first kappa shape index (κ1) is 18.1. The molecule has 0 radical (unpaired) electrons. The number of nitrogens with zero attached hydrogens (tertiary/aromatic N) is 5. The smallest absolute Gasteiger partial charge is 0.355 e. The Labute approximate surface area is 158 Å². The highest BCUT2D eigenvalue weighted by Gasteiger charge is 2.38. The van der Waals surface area contributed by atoms with Crippen LogP contribution < -0.4 is 10.5 Å². The summed E-state index contributed by atoms with van der Waals surface area (Å²) >= 11 is 0. The summed E-state index contributed by atoms with van der Waals surface area (Å²) < 4.78 is 40.8. The number of alkyl halides is 3. The SMILES string of the molecule is O=c1ccc(-c2ccncc2)nn1CC1CN(c2ncccc2C(F)(F)F)C1. The minimum atomic E-state index is -4.45. The van der Waals surface area contributed by atoms with Gasteiger partial charge >= 0.3 is 6.18 Å². The monoisotopic (exact) mass is 387 g/mol. The summed E-state index contributed by atoms with van der Waals surface area (Å²) in [7, 11) is 0. The Morgan fingerprint density at radius 1 is 1.04 bits per heavy atom. The molecule has 28 heavy (non-hydrogen) atoms. The van der Waals surface area contributed by atoms with Crippen molar-refractivity contribution < 1.29 is 13.2 Å². The van der Waals surface area contributed by atoms with Crippen molar-refractivity contribution in [3.8, 4) is 11.3 Å². The van der Waals surface area contributed by atoms with Crippen LogP contribution in [0.1, 0.15) is 5.56 Å². The summed E-state index contributed by atoms with van der Waals surface area (Å²) in [6.45, 7) is 1.10. The molecule has 1 aliphatic rings. The van der Waals surface area contributed by atoms with E-state index in [1.807, 2.05) is 0 Å². The third-order valence-electron chi connectivity index (χ3n) is 4.62. The van der Waals surface area contributed by atoms with Crippen molar-refractivity contribution in [2.45, 2.75) is 12.7 Å². The molecule has 144 valence electrons. The third kappa shape index (κ3) is 3.60. The third-order valence-corrected chi connectivity index (χ3v) is 4.62. The minimum absolute atomic E-state index is 0.0148. The van der Waals surface area contributed by atoms with Gasteiger partial charge in [0, 0.05) is 49.2 Å². The zero-order valence-electron chi connectivity index (χ0n) is 14.7. The Bertz CT molecular complexity index is 1030. The number of hydrogen-bond acceptors (Lipinski definition) is 5. The maximum Gasteiger partial charge on any atom is 0.419 e. The van der Waals surface area contributed by atoms with Crippen LogP contribution in [0.25, 0.3) is 11.3 Å². The van der Waals surface area contributed by atoms with Crippen molar-refractivity contribution in [3.05, 3.63) is 70.9 Å². The molecule has 4 heterocycles. The van der Waals surface area contributed by atoms with Crippen molar-refractivity contribution in [1.82, 2.24) is 19.7 Å². The highest BCUT2D eigenvalue weighted by atomic mass is 19.4. The van der Waals surface area contributed by atoms with E-state index in [2.05, 4.69) is 15.1 Å². The molecule has 0 unspecified atom stereocenters. The van der Waals surface area contributed by atoms with Crippen LogP contribution >= 0.6 is 0 Å². The fourth-order valence-electron chi connectivity index (χ4n) is 3.23. The molecular weight excluding hydrogens is 371 g/mol. The van der Waals surface area contributed by atoms with Gasteiger partial charge in [-0.3, -0.25) is 9.78 Å². The summed E-state index contributed by atoms with van der Waals surface area (Å²) in [6.07, 6.45) is 0.177. The van der Waals surface area contributed by atoms with E-state index in [0.717, 1.165) is 11.6 Å². The number of anilines is 1. The van der Waals surface area contributed by atoms with Crippen LogP contribution in [0.5, 0.6) is 0 Å². The minimum Gasteiger partial charge on any atom is -0.355 e. The topological polar surface area (TPSA) is 63.9 Å². The molecule has 6 nitrogen and oxygen atoms in total. The second-order valence-corrected chi connectivity index (χ2v) is 6.62. The lowest BCUT2D eigenvalue weighted by Crippen LogP contribution is -2.50. The molecular formula is C19H16F3N5O. The molecule has 3 aromatic heterocycles. The molecule has 0 spiro atoms. The Morgan fingerprint density at radius 2 is 1.79 bits per heavy atom. The van der Waals surface area contributed by atoms with Gasteiger partial charge in [0.25, 0.3) is 5.56 Å². The normalized spacial score (nSPS) is 14.8. The quantitative estimate of drug-likeness (QED) is 0.689. The molecule has 3 aromatic rings. The molecule has 0 N–H and O–H groups in total. The largest absolute Gasteiger partial charge is 0.419 e. The molecule has 0 bridgehead atoms. The van der Waals surface area contributed by atoms with E-state index in [-0.39, 0.29) is 17.3 Å². The molecule has 1 saturated heterocycles. The molecule has 0 aromatic carbocycles. The molecule has 9 heteroatoms. The van der Waals surface area contributed by atoms with Crippen LogP contribution in [0.4, 0.5) is 19.0 Å². The van der Waals surface area contributed by atoms with Gasteiger partial charge in [0.15, 0.2) is 0 Å². The Kier molecular flexibility index (Phi) is 4.58. The lowest BCUT2D eigenvalue weighted by molar-refractivity contribution is -0.137. The summed E-state index contributed by atoms with van der Waals surface area (Å²) in [5, 5.41) is 4.38. The van der Waals surface area contributed by atoms with E-state index in [9.17, 15) is 18.0 Å². The molecule has 0 aliphatic carbocycles. The first-order valence-electron chi connectivity index (χ1n) is 8.67. The summed E-state index contributed by atoms with van der Waals surface area (Å²) in [6, 6.07) is 8.98. The van der Waals surface area contributed by atoms with Gasteiger partial charge in [-0.25, -0.2) is 9.67 Å². The average Bonchev–Trinajstić information content (AvgIpc) is 2.65. The summed E-state index contributed by atoms with van der Waals surface area (Å²) in [4.78, 5) is 21.6. The Hall–Kier alpha value is -3.23. The van der Waals surface area contributed by atoms with Gasteiger partial charge in [0.05, 0.1) is 17.8 Å². The number of rotatable bonds is 4. The van der Waals surface area contributed by atoms with Crippen LogP contribution in [0.2, 0.25) is 0 Å². The lowest BCUT2D eigenvalue weighted by atomic mass is 9.99. The molecule has 1 aliphatic heterocycles. The van der Waals surface area contributed by atoms with Crippen LogP contribution in [0.3, 0.4) is 0 Å². The van der Waals surface area contributed by atoms with Gasteiger partial charge in [-0.15, -0.1) is 0 Å². The number of aromatic nitrogens is 4. The van der Waals surface area contributed by atoms with E-state index < -0.39 is 11.7 Å². The van der Waals surface area contributed by atoms with Crippen molar-refractivity contribution in [1.29, 1.82) is 0 Å². The number of halogens is 3. The van der Waals surface area contributed by atoms with E-state index >= 15 is 0 Å². The summed E-state index contributed by atoms with van der Waals surface area (Å²) in [5.41, 5.74) is 0.484. The molecule has 4 rings (SSSR count). The van der Waals surface area contributed by atoms with Gasteiger partial charge in [-0.2, -0.15) is 18.3 Å². The lowest BCUT2D eigenvalue weighted by Gasteiger charge is -2.41. The van der Waals surface area contributed by atoms with Gasteiger partial charge in [-0.1, -0.05) is 0 Å². The average molecular weight is 387 g/mol. The molecule has 1 fully saturated rings. The van der Waals surface area contributed by atoms with Crippen molar-refractivity contribution >= 4 is 5.82 Å². The maximum absolute atomic E-state index is 13.1. The predicted molar refractivity (Wildman–Crippen MR) is 96.7 cm³/mol. The van der Waals surface area contributed by atoms with E-state index in [4.69, 9.17) is 0 Å². The highest BCUT2D eigenvalue weighted by molar-refractivity contribution is 5.57. The predicted octanol–water partition coefficient (Wildman–Crippen LogP) is 2.86. The zero-order chi connectivity index (χ0) is 19.7. The standard InChI is InChI=1S/C19H16F3N5O/c20-19(21,22)15-2-1-7-24-18(15)26-10-13(11-26)12-27-17(28)4-3-16(25-27)14-5-8-23-9-6-14/h1-9,13H,10-12H2. The molecule has 0 amide bonds. The zero-order valence-corrected chi connectivity index (χ0v) is 14.7. The molecule has 0 saturated carbocycles. The highest BCUT2D eigenvalue weighted by Crippen LogP contribution is 2.37. The number of pyridine rings is 2. The van der Waals surface area contributed by atoms with Crippen LogP contribution in [-0.2, 0) is 12.7 Å². The molecule has 0 atom stereocenters. The van der Waals surface area contributed by atoms with Gasteiger partial charge < -0.3 is 4.90 Å². The van der Waals surface area contributed by atoms with Crippen molar-refractivity contribution in [2.75, 3.05) is 18.0 Å². The number of hydrogen-bond donors (Lipinski definition) is 0. The Morgan fingerprint density at radius 3 is 2.50 bits per heavy atom. The van der Waals surface area contributed by atoms with Crippen molar-refractivity contribution in [2.24, 2.45) is 5.92 Å². The summed E-state index contributed by atoms with van der Waals surface area (Å²) in [5.74, 6) is -0.0573. The van der Waals surface area contributed by atoms with E-state index in [0.29, 0.717) is 25.3 Å². The Balaban J connectivity index is 1.48. The van der Waals surface area contributed by atoms with Gasteiger partial charge in [0.2, 0.25) is 0 Å². The van der Waals surface area contributed by atoms with Crippen LogP contribution in [0, 0.1) is 5.92 Å². The van der Waals surface area contributed by atoms with Gasteiger partial charge in [0.1, 0.15) is 5.82 Å². The second kappa shape index (κ2) is 7.06. The first-order chi connectivity index (χ1) is 13.4. The maximum atomic E-state index is 13.1. The van der Waals surface area contributed by atoms with Crippen LogP contribution in [-0.4, -0.2) is 32.8 Å². The fraction of sp³-hybridized carbons (Fsp3) is 0.263.